The number of nitrogens with zero attached hydrogens (tertiary/aromatic N) is 3. The largest absolute Gasteiger partial charge is 0.492 e. The van der Waals surface area contributed by atoms with Crippen molar-refractivity contribution in [3.8, 4) is 17.1 Å². The second-order valence-corrected chi connectivity index (χ2v) is 9.74. The Morgan fingerprint density at radius 1 is 1.00 bits per heavy atom. The van der Waals surface area contributed by atoms with Gasteiger partial charge in [0.25, 0.3) is 5.91 Å². The quantitative estimate of drug-likeness (QED) is 0.316. The van der Waals surface area contributed by atoms with Crippen LogP contribution < -0.4 is 10.1 Å². The van der Waals surface area contributed by atoms with E-state index in [1.54, 1.807) is 31.2 Å². The number of ether oxygens (including phenoxy) is 1. The van der Waals surface area contributed by atoms with E-state index >= 15 is 0 Å². The highest BCUT2D eigenvalue weighted by atomic mass is 19.1. The van der Waals surface area contributed by atoms with Gasteiger partial charge in [0.2, 0.25) is 0 Å². The number of rotatable bonds is 8. The molecule has 4 aromatic rings. The Labute approximate surface area is 226 Å². The first-order valence-electron chi connectivity index (χ1n) is 13.0. The molecular formula is C31H30F2N4O2. The van der Waals surface area contributed by atoms with Gasteiger partial charge in [-0.1, -0.05) is 42.5 Å². The molecule has 0 spiro atoms. The Balaban J connectivity index is 1.19. The zero-order valence-corrected chi connectivity index (χ0v) is 21.7. The summed E-state index contributed by atoms with van der Waals surface area (Å²) in [4.78, 5) is 23.7. The molecule has 1 aliphatic heterocycles. The van der Waals surface area contributed by atoms with Crippen molar-refractivity contribution in [3.63, 3.8) is 0 Å². The fourth-order valence-electron chi connectivity index (χ4n) is 4.82. The third kappa shape index (κ3) is 6.64. The summed E-state index contributed by atoms with van der Waals surface area (Å²) in [5.74, 6) is 0.164. The van der Waals surface area contributed by atoms with E-state index in [2.05, 4.69) is 32.3 Å². The standard InChI is InChI=1S/C31H30F2N4O2/c1-21-16-27(10-11-28(21)33)39-20-29(22-6-3-2-4-7-22)37-14-12-26(13-15-37)36-31(38)24-18-34-30(35-19-24)23-8-5-9-25(32)17-23/h2-11,16-19,26,29H,12-15,20H2,1H3,(H,36,38). The predicted molar refractivity (Wildman–Crippen MR) is 145 cm³/mol. The van der Waals surface area contributed by atoms with Crippen LogP contribution in [0.25, 0.3) is 11.4 Å². The van der Waals surface area contributed by atoms with Crippen LogP contribution in [0.4, 0.5) is 8.78 Å². The molecule has 0 aliphatic carbocycles. The van der Waals surface area contributed by atoms with Crippen molar-refractivity contribution >= 4 is 5.91 Å². The summed E-state index contributed by atoms with van der Waals surface area (Å²) in [6.45, 7) is 3.72. The number of piperidine rings is 1. The lowest BCUT2D eigenvalue weighted by Gasteiger charge is -2.38. The van der Waals surface area contributed by atoms with Crippen LogP contribution in [0.3, 0.4) is 0 Å². The SMILES string of the molecule is Cc1cc(OCC(c2ccccc2)N2CCC(NC(=O)c3cnc(-c4cccc(F)c4)nc3)CC2)ccc1F. The van der Waals surface area contributed by atoms with Crippen LogP contribution in [0.1, 0.15) is 40.4 Å². The van der Waals surface area contributed by atoms with Gasteiger partial charge in [-0.15, -0.1) is 0 Å². The van der Waals surface area contributed by atoms with Crippen LogP contribution in [0.15, 0.2) is 85.2 Å². The maximum Gasteiger partial charge on any atom is 0.254 e. The maximum absolute atomic E-state index is 13.7. The van der Waals surface area contributed by atoms with E-state index in [4.69, 9.17) is 4.74 Å². The van der Waals surface area contributed by atoms with Gasteiger partial charge < -0.3 is 10.1 Å². The lowest BCUT2D eigenvalue weighted by molar-refractivity contribution is 0.0837. The van der Waals surface area contributed by atoms with E-state index in [0.717, 1.165) is 31.5 Å². The number of nitrogens with one attached hydrogen (secondary N) is 1. The Bertz CT molecular complexity index is 1410. The second-order valence-electron chi connectivity index (χ2n) is 9.74. The van der Waals surface area contributed by atoms with Crippen molar-refractivity contribution in [2.45, 2.75) is 31.8 Å². The summed E-state index contributed by atoms with van der Waals surface area (Å²) in [6.07, 6.45) is 4.51. The third-order valence-corrected chi connectivity index (χ3v) is 7.02. The number of carbonyl (C=O) groups excluding carboxylic acids is 1. The third-order valence-electron chi connectivity index (χ3n) is 7.02. The fourth-order valence-corrected chi connectivity index (χ4v) is 4.82. The molecule has 3 aromatic carbocycles. The Hall–Kier alpha value is -4.17. The first-order valence-corrected chi connectivity index (χ1v) is 13.0. The van der Waals surface area contributed by atoms with Gasteiger partial charge in [0.15, 0.2) is 5.82 Å². The van der Waals surface area contributed by atoms with Gasteiger partial charge in [-0.05, 0) is 61.2 Å². The minimum Gasteiger partial charge on any atom is -0.492 e. The molecule has 39 heavy (non-hydrogen) atoms. The van der Waals surface area contributed by atoms with Gasteiger partial charge in [0, 0.05) is 37.1 Å². The van der Waals surface area contributed by atoms with E-state index in [-0.39, 0.29) is 29.6 Å². The maximum atomic E-state index is 13.7. The molecule has 1 aromatic heterocycles. The van der Waals surface area contributed by atoms with E-state index in [1.165, 1.54) is 30.6 Å². The molecule has 0 saturated carbocycles. The number of carbonyl (C=O) groups is 1. The van der Waals surface area contributed by atoms with Gasteiger partial charge in [-0.25, -0.2) is 18.7 Å². The van der Waals surface area contributed by atoms with Gasteiger partial charge in [-0.2, -0.15) is 0 Å². The van der Waals surface area contributed by atoms with Crippen molar-refractivity contribution in [3.05, 3.63) is 114 Å². The zero-order chi connectivity index (χ0) is 27.2. The minimum absolute atomic E-state index is 0.0220. The van der Waals surface area contributed by atoms with Crippen molar-refractivity contribution < 1.29 is 18.3 Å². The summed E-state index contributed by atoms with van der Waals surface area (Å²) in [5, 5.41) is 3.10. The van der Waals surface area contributed by atoms with Crippen molar-refractivity contribution in [1.29, 1.82) is 0 Å². The predicted octanol–water partition coefficient (Wildman–Crippen LogP) is 5.74. The Morgan fingerprint density at radius 2 is 1.74 bits per heavy atom. The topological polar surface area (TPSA) is 67.3 Å². The average Bonchev–Trinajstić information content (AvgIpc) is 2.96. The lowest BCUT2D eigenvalue weighted by atomic mass is 9.99. The van der Waals surface area contributed by atoms with E-state index < -0.39 is 0 Å². The molecule has 8 heteroatoms. The molecule has 1 amide bonds. The van der Waals surface area contributed by atoms with Crippen LogP contribution in [0.5, 0.6) is 5.75 Å². The lowest BCUT2D eigenvalue weighted by Crippen LogP contribution is -2.46. The highest BCUT2D eigenvalue weighted by Crippen LogP contribution is 2.27. The molecule has 0 radical (unpaired) electrons. The zero-order valence-electron chi connectivity index (χ0n) is 21.7. The monoisotopic (exact) mass is 528 g/mol. The molecule has 1 saturated heterocycles. The number of hydrogen-bond acceptors (Lipinski definition) is 5. The molecule has 5 rings (SSSR count). The van der Waals surface area contributed by atoms with E-state index in [0.29, 0.717) is 34.9 Å². The van der Waals surface area contributed by atoms with Gasteiger partial charge >= 0.3 is 0 Å². The molecule has 1 N–H and O–H groups in total. The summed E-state index contributed by atoms with van der Waals surface area (Å²) < 4.78 is 33.3. The summed E-state index contributed by atoms with van der Waals surface area (Å²) in [6, 6.07) is 21.1. The number of hydrogen-bond donors (Lipinski definition) is 1. The number of aryl methyl sites for hydroxylation is 1. The summed E-state index contributed by atoms with van der Waals surface area (Å²) >= 11 is 0. The number of halogens is 2. The fraction of sp³-hybridized carbons (Fsp3) is 0.258. The van der Waals surface area contributed by atoms with E-state index in [9.17, 15) is 13.6 Å². The Kier molecular flexibility index (Phi) is 8.22. The van der Waals surface area contributed by atoms with E-state index in [1.807, 2.05) is 18.2 Å². The molecule has 1 unspecified atom stereocenters. The average molecular weight is 529 g/mol. The molecule has 1 fully saturated rings. The van der Waals surface area contributed by atoms with Crippen LogP contribution in [-0.4, -0.2) is 46.5 Å². The molecule has 6 nitrogen and oxygen atoms in total. The van der Waals surface area contributed by atoms with Gasteiger partial charge in [0.1, 0.15) is 24.0 Å². The first-order chi connectivity index (χ1) is 19.0. The van der Waals surface area contributed by atoms with Crippen LogP contribution in [-0.2, 0) is 0 Å². The van der Waals surface area contributed by atoms with Gasteiger partial charge in [0.05, 0.1) is 11.6 Å². The molecule has 1 aliphatic rings. The first kappa shape index (κ1) is 26.4. The summed E-state index contributed by atoms with van der Waals surface area (Å²) in [5.41, 5.74) is 2.62. The second kappa shape index (κ2) is 12.1. The number of amides is 1. The minimum atomic E-state index is -0.365. The molecule has 2 heterocycles. The molecule has 0 bridgehead atoms. The smallest absolute Gasteiger partial charge is 0.254 e. The van der Waals surface area contributed by atoms with Crippen LogP contribution in [0, 0.1) is 18.6 Å². The summed E-state index contributed by atoms with van der Waals surface area (Å²) in [7, 11) is 0. The van der Waals surface area contributed by atoms with Crippen molar-refractivity contribution in [2.24, 2.45) is 0 Å². The van der Waals surface area contributed by atoms with Crippen LogP contribution >= 0.6 is 0 Å². The number of benzene rings is 3. The highest BCUT2D eigenvalue weighted by molar-refractivity contribution is 5.93. The molecular weight excluding hydrogens is 498 g/mol. The van der Waals surface area contributed by atoms with Crippen molar-refractivity contribution in [1.82, 2.24) is 20.2 Å². The molecule has 200 valence electrons. The van der Waals surface area contributed by atoms with Crippen molar-refractivity contribution in [2.75, 3.05) is 19.7 Å². The normalized spacial score (nSPS) is 15.1. The van der Waals surface area contributed by atoms with Crippen LogP contribution in [0.2, 0.25) is 0 Å². The van der Waals surface area contributed by atoms with Gasteiger partial charge in [-0.3, -0.25) is 9.69 Å². The number of aromatic nitrogens is 2. The highest BCUT2D eigenvalue weighted by Gasteiger charge is 2.28. The number of likely N-dealkylation sites (tertiary alicyclic amines) is 1. The molecule has 1 atom stereocenters. The Morgan fingerprint density at radius 3 is 2.44 bits per heavy atom.